The minimum Gasteiger partial charge on any atom is -0.351 e. The number of pyridine rings is 1. The second-order valence-electron chi connectivity index (χ2n) is 9.46. The third-order valence-electron chi connectivity index (χ3n) is 6.37. The van der Waals surface area contributed by atoms with Crippen LogP contribution in [0.1, 0.15) is 70.2 Å². The summed E-state index contributed by atoms with van der Waals surface area (Å²) in [5, 5.41) is 13.4. The number of hydrogen-bond acceptors (Lipinski definition) is 4. The zero-order chi connectivity index (χ0) is 21.3. The molecule has 1 amide bonds. The Hall–Kier alpha value is -2.47. The number of nitrogens with one attached hydrogen (secondary N) is 2. The number of benzene rings is 1. The van der Waals surface area contributed by atoms with Crippen molar-refractivity contribution in [2.75, 3.05) is 6.54 Å². The lowest BCUT2D eigenvalue weighted by molar-refractivity contribution is -0.127. The maximum atomic E-state index is 12.8. The van der Waals surface area contributed by atoms with Crippen LogP contribution >= 0.6 is 0 Å². The van der Waals surface area contributed by atoms with Crippen molar-refractivity contribution in [1.29, 1.82) is 0 Å². The Morgan fingerprint density at radius 1 is 1.27 bits per heavy atom. The maximum absolute atomic E-state index is 12.8. The van der Waals surface area contributed by atoms with Crippen LogP contribution in [-0.4, -0.2) is 33.2 Å². The summed E-state index contributed by atoms with van der Waals surface area (Å²) in [5.74, 6) is 0.457. The number of nitrogens with zero attached hydrogens (tertiary/aromatic N) is 2. The molecule has 4 N–H and O–H groups in total. The van der Waals surface area contributed by atoms with E-state index in [1.54, 1.807) is 0 Å². The van der Waals surface area contributed by atoms with E-state index in [1.165, 1.54) is 6.42 Å². The number of carbonyl (C=O) groups is 1. The van der Waals surface area contributed by atoms with Gasteiger partial charge in [0.05, 0.1) is 11.2 Å². The van der Waals surface area contributed by atoms with Crippen LogP contribution < -0.4 is 11.1 Å². The number of aromatic amines is 1. The Labute approximate surface area is 178 Å². The van der Waals surface area contributed by atoms with Crippen LogP contribution in [0.25, 0.3) is 21.8 Å². The molecule has 6 heteroatoms. The number of para-hydroxylation sites is 1. The predicted molar refractivity (Wildman–Crippen MR) is 121 cm³/mol. The quantitative estimate of drug-likeness (QED) is 0.571. The molecule has 0 spiro atoms. The van der Waals surface area contributed by atoms with E-state index in [2.05, 4.69) is 42.4 Å². The van der Waals surface area contributed by atoms with Crippen molar-refractivity contribution in [3.8, 4) is 0 Å². The van der Waals surface area contributed by atoms with Crippen LogP contribution in [0.5, 0.6) is 0 Å². The van der Waals surface area contributed by atoms with Crippen molar-refractivity contribution in [1.82, 2.24) is 20.5 Å². The molecule has 1 aromatic carbocycles. The molecule has 6 nitrogen and oxygen atoms in total. The maximum Gasteiger partial charge on any atom is 0.223 e. The van der Waals surface area contributed by atoms with Crippen LogP contribution in [0.15, 0.2) is 24.3 Å². The summed E-state index contributed by atoms with van der Waals surface area (Å²) in [4.78, 5) is 17.7. The monoisotopic (exact) mass is 407 g/mol. The number of aromatic nitrogens is 3. The molecule has 2 heterocycles. The Morgan fingerprint density at radius 2 is 2.00 bits per heavy atom. The minimum absolute atomic E-state index is 0.118. The van der Waals surface area contributed by atoms with Crippen molar-refractivity contribution >= 4 is 27.7 Å². The Kier molecular flexibility index (Phi) is 5.78. The number of amides is 1. The molecule has 0 bridgehead atoms. The molecule has 1 saturated carbocycles. The average Bonchev–Trinajstić information content (AvgIpc) is 3.16. The van der Waals surface area contributed by atoms with Crippen molar-refractivity contribution in [3.63, 3.8) is 0 Å². The van der Waals surface area contributed by atoms with Gasteiger partial charge in [-0.05, 0) is 32.8 Å². The SMILES string of the molecule is CC(CN)c1nc2ccccc2c2c(CC(C)(C)NC(=O)C3CCCCC3)[nH]nc12. The first-order chi connectivity index (χ1) is 14.4. The number of nitrogens with two attached hydrogens (primary N) is 1. The largest absolute Gasteiger partial charge is 0.351 e. The number of carbonyl (C=O) groups excluding carboxylic acids is 1. The summed E-state index contributed by atoms with van der Waals surface area (Å²) in [7, 11) is 0. The van der Waals surface area contributed by atoms with E-state index < -0.39 is 0 Å². The molecule has 2 aromatic heterocycles. The summed E-state index contributed by atoms with van der Waals surface area (Å²) in [5.41, 5.74) is 9.37. The second-order valence-corrected chi connectivity index (χ2v) is 9.46. The van der Waals surface area contributed by atoms with E-state index in [1.807, 2.05) is 18.2 Å². The lowest BCUT2D eigenvalue weighted by atomic mass is 9.87. The van der Waals surface area contributed by atoms with Gasteiger partial charge in [-0.2, -0.15) is 5.10 Å². The lowest BCUT2D eigenvalue weighted by Gasteiger charge is -2.30. The fourth-order valence-electron chi connectivity index (χ4n) is 4.69. The van der Waals surface area contributed by atoms with Crippen LogP contribution in [-0.2, 0) is 11.2 Å². The van der Waals surface area contributed by atoms with Gasteiger partial charge in [-0.25, -0.2) is 0 Å². The van der Waals surface area contributed by atoms with E-state index in [0.717, 1.165) is 58.9 Å². The molecule has 1 unspecified atom stereocenters. The molecule has 0 saturated heterocycles. The fourth-order valence-corrected chi connectivity index (χ4v) is 4.69. The highest BCUT2D eigenvalue weighted by Crippen LogP contribution is 2.32. The van der Waals surface area contributed by atoms with Crippen LogP contribution in [0.4, 0.5) is 0 Å². The van der Waals surface area contributed by atoms with E-state index in [0.29, 0.717) is 13.0 Å². The molecule has 1 aliphatic rings. The highest BCUT2D eigenvalue weighted by molar-refractivity contribution is 6.06. The van der Waals surface area contributed by atoms with Gasteiger partial charge in [-0.15, -0.1) is 0 Å². The molecule has 30 heavy (non-hydrogen) atoms. The van der Waals surface area contributed by atoms with Gasteiger partial charge >= 0.3 is 0 Å². The smallest absolute Gasteiger partial charge is 0.223 e. The number of hydrogen-bond donors (Lipinski definition) is 3. The first kappa shape index (κ1) is 20.8. The third kappa shape index (κ3) is 4.06. The zero-order valence-electron chi connectivity index (χ0n) is 18.3. The molecular formula is C24H33N5O. The number of H-pyrrole nitrogens is 1. The van der Waals surface area contributed by atoms with Crippen LogP contribution in [0.2, 0.25) is 0 Å². The van der Waals surface area contributed by atoms with E-state index in [4.69, 9.17) is 10.7 Å². The van der Waals surface area contributed by atoms with Crippen molar-refractivity contribution in [3.05, 3.63) is 35.7 Å². The summed E-state index contributed by atoms with van der Waals surface area (Å²) in [6.45, 7) is 6.78. The molecule has 3 aromatic rings. The normalized spacial score (nSPS) is 16.8. The van der Waals surface area contributed by atoms with Gasteiger partial charge in [-0.1, -0.05) is 44.4 Å². The van der Waals surface area contributed by atoms with Gasteiger partial charge in [0.15, 0.2) is 0 Å². The van der Waals surface area contributed by atoms with Gasteiger partial charge in [0.1, 0.15) is 5.52 Å². The van der Waals surface area contributed by atoms with Gasteiger partial charge < -0.3 is 11.1 Å². The zero-order valence-corrected chi connectivity index (χ0v) is 18.3. The van der Waals surface area contributed by atoms with Gasteiger partial charge in [0, 0.05) is 46.8 Å². The third-order valence-corrected chi connectivity index (χ3v) is 6.37. The average molecular weight is 408 g/mol. The Bertz CT molecular complexity index is 1050. The summed E-state index contributed by atoms with van der Waals surface area (Å²) in [6.07, 6.45) is 6.25. The summed E-state index contributed by atoms with van der Waals surface area (Å²) >= 11 is 0. The highest BCUT2D eigenvalue weighted by atomic mass is 16.2. The molecule has 1 fully saturated rings. The van der Waals surface area contributed by atoms with Crippen LogP contribution in [0, 0.1) is 5.92 Å². The molecular weight excluding hydrogens is 374 g/mol. The summed E-state index contributed by atoms with van der Waals surface area (Å²) in [6, 6.07) is 8.16. The topological polar surface area (TPSA) is 96.7 Å². The molecule has 1 atom stereocenters. The van der Waals surface area contributed by atoms with Gasteiger partial charge in [-0.3, -0.25) is 14.9 Å². The first-order valence-corrected chi connectivity index (χ1v) is 11.2. The molecule has 160 valence electrons. The Morgan fingerprint density at radius 3 is 2.73 bits per heavy atom. The van der Waals surface area contributed by atoms with E-state index in [-0.39, 0.29) is 23.3 Å². The minimum atomic E-state index is -0.377. The van der Waals surface area contributed by atoms with Gasteiger partial charge in [0.25, 0.3) is 0 Å². The molecule has 1 aliphatic carbocycles. The van der Waals surface area contributed by atoms with Crippen molar-refractivity contribution < 1.29 is 4.79 Å². The molecule has 0 aliphatic heterocycles. The van der Waals surface area contributed by atoms with E-state index in [9.17, 15) is 4.79 Å². The molecule has 0 radical (unpaired) electrons. The van der Waals surface area contributed by atoms with Gasteiger partial charge in [0.2, 0.25) is 5.91 Å². The van der Waals surface area contributed by atoms with E-state index >= 15 is 0 Å². The highest BCUT2D eigenvalue weighted by Gasteiger charge is 2.29. The first-order valence-electron chi connectivity index (χ1n) is 11.2. The number of fused-ring (bicyclic) bond motifs is 3. The summed E-state index contributed by atoms with van der Waals surface area (Å²) < 4.78 is 0. The number of rotatable bonds is 6. The van der Waals surface area contributed by atoms with Crippen LogP contribution in [0.3, 0.4) is 0 Å². The van der Waals surface area contributed by atoms with Crippen molar-refractivity contribution in [2.24, 2.45) is 11.7 Å². The lowest BCUT2D eigenvalue weighted by Crippen LogP contribution is -2.48. The molecule has 4 rings (SSSR count). The van der Waals surface area contributed by atoms with Crippen molar-refractivity contribution in [2.45, 2.75) is 70.8 Å². The fraction of sp³-hybridized carbons (Fsp3) is 0.542. The Balaban J connectivity index is 1.68. The second kappa shape index (κ2) is 8.34. The predicted octanol–water partition coefficient (Wildman–Crippen LogP) is 4.19. The standard InChI is InChI=1S/C24H33N5O/c1-15(14-25)21-22-20(17-11-7-8-12-18(17)26-21)19(28-29-22)13-24(2,3)27-23(30)16-9-5-4-6-10-16/h7-8,11-12,15-16H,4-6,9-10,13-14,25H2,1-3H3,(H,27,30)(H,28,29).